The Morgan fingerprint density at radius 3 is 2.00 bits per heavy atom. The Balaban J connectivity index is 1.12. The van der Waals surface area contributed by atoms with E-state index in [0.29, 0.717) is 18.6 Å². The second kappa shape index (κ2) is 11.7. The summed E-state index contributed by atoms with van der Waals surface area (Å²) >= 11 is 0. The lowest BCUT2D eigenvalue weighted by molar-refractivity contribution is 0.305. The van der Waals surface area contributed by atoms with E-state index in [1.54, 1.807) is 0 Å². The zero-order valence-corrected chi connectivity index (χ0v) is 18.5. The monoisotopic (exact) mass is 413 g/mol. The molecule has 4 rings (SSSR count). The molecule has 0 heterocycles. The molecule has 1 aliphatic rings. The standard InChI is InChI=1S/C29H35NO/c1-3-9-24(10-4-1)11-7-8-22-30-28-18-14-26(15-19-28)27-16-20-29(21-17-27)31-23-25-12-5-2-6-13-25/h1-6,9-10,12-13,16-17,20-21,26,28,30H,7-8,11,14-15,18-19,22-23H2/t26-,28+. The quantitative estimate of drug-likeness (QED) is 0.365. The SMILES string of the molecule is c1ccc(CCCCN[C@H]2CC[C@@H](c3ccc(OCc4ccccc4)cc3)CC2)cc1. The van der Waals surface area contributed by atoms with Gasteiger partial charge in [-0.25, -0.2) is 0 Å². The molecule has 162 valence electrons. The van der Waals surface area contributed by atoms with E-state index in [0.717, 1.165) is 12.3 Å². The summed E-state index contributed by atoms with van der Waals surface area (Å²) in [6.07, 6.45) is 8.87. The van der Waals surface area contributed by atoms with E-state index in [9.17, 15) is 0 Å². The number of hydrogen-bond donors (Lipinski definition) is 1. The lowest BCUT2D eigenvalue weighted by Gasteiger charge is -2.29. The van der Waals surface area contributed by atoms with Gasteiger partial charge in [0.25, 0.3) is 0 Å². The molecule has 1 saturated carbocycles. The molecule has 3 aromatic carbocycles. The van der Waals surface area contributed by atoms with Gasteiger partial charge in [-0.05, 0) is 86.2 Å². The van der Waals surface area contributed by atoms with Crippen molar-refractivity contribution in [3.8, 4) is 5.75 Å². The van der Waals surface area contributed by atoms with Gasteiger partial charge in [-0.15, -0.1) is 0 Å². The molecule has 2 heteroatoms. The van der Waals surface area contributed by atoms with Crippen LogP contribution in [0.1, 0.15) is 61.1 Å². The van der Waals surface area contributed by atoms with Crippen LogP contribution in [0.2, 0.25) is 0 Å². The van der Waals surface area contributed by atoms with Crippen LogP contribution in [-0.2, 0) is 13.0 Å². The molecular formula is C29H35NO. The Morgan fingerprint density at radius 2 is 1.32 bits per heavy atom. The number of nitrogens with one attached hydrogen (secondary N) is 1. The zero-order valence-electron chi connectivity index (χ0n) is 18.5. The average Bonchev–Trinajstić information content (AvgIpc) is 2.85. The summed E-state index contributed by atoms with van der Waals surface area (Å²) in [4.78, 5) is 0. The first-order valence-corrected chi connectivity index (χ1v) is 11.9. The molecule has 3 aromatic rings. The van der Waals surface area contributed by atoms with E-state index >= 15 is 0 Å². The summed E-state index contributed by atoms with van der Waals surface area (Å²) in [6.45, 7) is 1.78. The van der Waals surface area contributed by atoms with Gasteiger partial charge in [-0.2, -0.15) is 0 Å². The maximum Gasteiger partial charge on any atom is 0.119 e. The largest absolute Gasteiger partial charge is 0.489 e. The Kier molecular flexibility index (Phi) is 8.18. The van der Waals surface area contributed by atoms with Crippen molar-refractivity contribution < 1.29 is 4.74 Å². The first-order valence-electron chi connectivity index (χ1n) is 11.9. The number of benzene rings is 3. The first-order chi connectivity index (χ1) is 15.4. The second-order valence-electron chi connectivity index (χ2n) is 8.79. The van der Waals surface area contributed by atoms with E-state index in [4.69, 9.17) is 4.74 Å². The first kappa shape index (κ1) is 21.6. The average molecular weight is 414 g/mol. The van der Waals surface area contributed by atoms with Crippen molar-refractivity contribution in [3.63, 3.8) is 0 Å². The highest BCUT2D eigenvalue weighted by atomic mass is 16.5. The Hall–Kier alpha value is -2.58. The summed E-state index contributed by atoms with van der Waals surface area (Å²) in [7, 11) is 0. The van der Waals surface area contributed by atoms with E-state index < -0.39 is 0 Å². The fourth-order valence-electron chi connectivity index (χ4n) is 4.61. The molecular weight excluding hydrogens is 378 g/mol. The molecule has 0 radical (unpaired) electrons. The minimum atomic E-state index is 0.627. The topological polar surface area (TPSA) is 21.3 Å². The lowest BCUT2D eigenvalue weighted by atomic mass is 9.81. The highest BCUT2D eigenvalue weighted by molar-refractivity contribution is 5.30. The van der Waals surface area contributed by atoms with Gasteiger partial charge in [-0.3, -0.25) is 0 Å². The summed E-state index contributed by atoms with van der Waals surface area (Å²) in [5, 5.41) is 3.80. The normalized spacial score (nSPS) is 18.6. The van der Waals surface area contributed by atoms with Crippen LogP contribution in [0.5, 0.6) is 5.75 Å². The summed E-state index contributed by atoms with van der Waals surface area (Å²) < 4.78 is 5.93. The maximum atomic E-state index is 5.93. The van der Waals surface area contributed by atoms with Gasteiger partial charge in [0.15, 0.2) is 0 Å². The third kappa shape index (κ3) is 6.97. The van der Waals surface area contributed by atoms with Gasteiger partial charge < -0.3 is 10.1 Å². The number of hydrogen-bond acceptors (Lipinski definition) is 2. The van der Waals surface area contributed by atoms with Crippen molar-refractivity contribution in [2.75, 3.05) is 6.54 Å². The van der Waals surface area contributed by atoms with Crippen molar-refractivity contribution in [1.29, 1.82) is 0 Å². The molecule has 0 amide bonds. The molecule has 31 heavy (non-hydrogen) atoms. The number of rotatable bonds is 10. The van der Waals surface area contributed by atoms with Gasteiger partial charge in [0, 0.05) is 6.04 Å². The minimum absolute atomic E-state index is 0.627. The Bertz CT molecular complexity index is 868. The molecule has 0 aliphatic heterocycles. The molecule has 0 saturated heterocycles. The third-order valence-corrected chi connectivity index (χ3v) is 6.50. The van der Waals surface area contributed by atoms with Crippen LogP contribution in [0.25, 0.3) is 0 Å². The summed E-state index contributed by atoms with van der Waals surface area (Å²) in [6, 6.07) is 30.7. The number of unbranched alkanes of at least 4 members (excludes halogenated alkanes) is 1. The van der Waals surface area contributed by atoms with Gasteiger partial charge in [0.1, 0.15) is 12.4 Å². The molecule has 1 fully saturated rings. The molecule has 0 aromatic heterocycles. The van der Waals surface area contributed by atoms with Gasteiger partial charge in [0.05, 0.1) is 0 Å². The van der Waals surface area contributed by atoms with Crippen molar-refractivity contribution in [1.82, 2.24) is 5.32 Å². The van der Waals surface area contributed by atoms with E-state index in [1.807, 2.05) is 6.07 Å². The predicted octanol–water partition coefficient (Wildman–Crippen LogP) is 6.90. The number of ether oxygens (including phenoxy) is 1. The highest BCUT2D eigenvalue weighted by Gasteiger charge is 2.21. The Morgan fingerprint density at radius 1 is 0.677 bits per heavy atom. The van der Waals surface area contributed by atoms with Gasteiger partial charge >= 0.3 is 0 Å². The molecule has 0 bridgehead atoms. The number of aryl methyl sites for hydroxylation is 1. The smallest absolute Gasteiger partial charge is 0.119 e. The second-order valence-corrected chi connectivity index (χ2v) is 8.79. The molecule has 2 nitrogen and oxygen atoms in total. The van der Waals surface area contributed by atoms with Crippen molar-refractivity contribution in [2.24, 2.45) is 0 Å². The zero-order chi connectivity index (χ0) is 21.1. The molecule has 0 atom stereocenters. The fourth-order valence-corrected chi connectivity index (χ4v) is 4.61. The molecule has 0 unspecified atom stereocenters. The van der Waals surface area contributed by atoms with E-state index in [1.165, 1.54) is 61.6 Å². The van der Waals surface area contributed by atoms with Crippen LogP contribution >= 0.6 is 0 Å². The van der Waals surface area contributed by atoms with Crippen molar-refractivity contribution in [2.45, 2.75) is 63.5 Å². The third-order valence-electron chi connectivity index (χ3n) is 6.50. The van der Waals surface area contributed by atoms with Crippen molar-refractivity contribution in [3.05, 3.63) is 102 Å². The van der Waals surface area contributed by atoms with E-state index in [2.05, 4.69) is 84.2 Å². The summed E-state index contributed by atoms with van der Waals surface area (Å²) in [5.74, 6) is 1.65. The lowest BCUT2D eigenvalue weighted by Crippen LogP contribution is -2.33. The molecule has 1 N–H and O–H groups in total. The van der Waals surface area contributed by atoms with Crippen LogP contribution < -0.4 is 10.1 Å². The van der Waals surface area contributed by atoms with Crippen LogP contribution in [0.3, 0.4) is 0 Å². The molecule has 1 aliphatic carbocycles. The van der Waals surface area contributed by atoms with Crippen LogP contribution in [-0.4, -0.2) is 12.6 Å². The van der Waals surface area contributed by atoms with E-state index in [-0.39, 0.29) is 0 Å². The van der Waals surface area contributed by atoms with Gasteiger partial charge in [0.2, 0.25) is 0 Å². The Labute approximate surface area is 187 Å². The van der Waals surface area contributed by atoms with Crippen LogP contribution in [0.15, 0.2) is 84.9 Å². The highest BCUT2D eigenvalue weighted by Crippen LogP contribution is 2.33. The van der Waals surface area contributed by atoms with Crippen LogP contribution in [0, 0.1) is 0 Å². The van der Waals surface area contributed by atoms with Gasteiger partial charge in [-0.1, -0.05) is 72.8 Å². The maximum absolute atomic E-state index is 5.93. The minimum Gasteiger partial charge on any atom is -0.489 e. The molecule has 0 spiro atoms. The fraction of sp³-hybridized carbons (Fsp3) is 0.379. The van der Waals surface area contributed by atoms with Crippen molar-refractivity contribution >= 4 is 0 Å². The summed E-state index contributed by atoms with van der Waals surface area (Å²) in [5.41, 5.74) is 4.13. The predicted molar refractivity (Wildman–Crippen MR) is 130 cm³/mol. The van der Waals surface area contributed by atoms with Crippen LogP contribution in [0.4, 0.5) is 0 Å².